The van der Waals surface area contributed by atoms with Crippen LogP contribution in [0.5, 0.6) is 0 Å². The van der Waals surface area contributed by atoms with Crippen molar-refractivity contribution >= 4 is 0 Å². The van der Waals surface area contributed by atoms with Crippen LogP contribution in [0, 0.1) is 0 Å². The molecule has 0 aromatic rings. The van der Waals surface area contributed by atoms with Crippen molar-refractivity contribution in [3.8, 4) is 0 Å². The topological polar surface area (TPSA) is 30.5 Å². The molecule has 0 fully saturated rings. The van der Waals surface area contributed by atoms with E-state index < -0.39 is 0 Å². The highest BCUT2D eigenvalue weighted by molar-refractivity contribution is 4.95. The smallest absolute Gasteiger partial charge is 0.105 e. The van der Waals surface area contributed by atoms with Gasteiger partial charge in [0.2, 0.25) is 0 Å². The molecule has 0 aromatic carbocycles. The fourth-order valence-electron chi connectivity index (χ4n) is 0.440. The molecule has 0 aliphatic carbocycles. The second-order valence-corrected chi connectivity index (χ2v) is 1.71. The molecule has 0 bridgehead atoms. The third-order valence-electron chi connectivity index (χ3n) is 0.795. The molecule has 0 rings (SSSR count). The molecule has 0 radical (unpaired) electrons. The van der Waals surface area contributed by atoms with Gasteiger partial charge in [0.25, 0.3) is 0 Å². The Balaban J connectivity index is 3.25. The molecule has 0 aromatic heterocycles. The largest absolute Gasteiger partial charge is 0.394 e. The van der Waals surface area contributed by atoms with Gasteiger partial charge in [-0.05, 0) is 18.7 Å². The van der Waals surface area contributed by atoms with E-state index in [1.165, 1.54) is 7.11 Å². The fourth-order valence-corrected chi connectivity index (χ4v) is 0.440. The zero-order valence-corrected chi connectivity index (χ0v) is 6.10. The third kappa shape index (κ3) is 5.33. The first-order chi connectivity index (χ1) is 4.31. The van der Waals surface area contributed by atoms with Crippen molar-refractivity contribution in [2.24, 2.45) is 0 Å². The summed E-state index contributed by atoms with van der Waals surface area (Å²) < 4.78 is 0. The van der Waals surface area contributed by atoms with Crippen molar-refractivity contribution in [2.45, 2.75) is 6.92 Å². The summed E-state index contributed by atoms with van der Waals surface area (Å²) in [6.45, 7) is 2.47. The summed E-state index contributed by atoms with van der Waals surface area (Å²) in [6.07, 6.45) is 1.86. The highest BCUT2D eigenvalue weighted by atomic mass is 17.2. The predicted octanol–water partition coefficient (Wildman–Crippen LogP) is 0.688. The van der Waals surface area contributed by atoms with Crippen LogP contribution < -0.4 is 5.32 Å². The molecular weight excluding hydrogens is 118 g/mol. The van der Waals surface area contributed by atoms with Gasteiger partial charge >= 0.3 is 0 Å². The van der Waals surface area contributed by atoms with Crippen molar-refractivity contribution in [1.82, 2.24) is 5.32 Å². The molecule has 54 valence electrons. The molecule has 0 aliphatic heterocycles. The predicted molar refractivity (Wildman–Crippen MR) is 35.8 cm³/mol. The van der Waals surface area contributed by atoms with Gasteiger partial charge in [-0.15, -0.1) is 0 Å². The molecule has 0 atom stereocenters. The summed E-state index contributed by atoms with van der Waals surface area (Å²) in [4.78, 5) is 9.03. The molecule has 9 heavy (non-hydrogen) atoms. The van der Waals surface area contributed by atoms with E-state index in [1.807, 2.05) is 20.2 Å². The van der Waals surface area contributed by atoms with Crippen LogP contribution in [0.15, 0.2) is 11.8 Å². The van der Waals surface area contributed by atoms with E-state index in [-0.39, 0.29) is 0 Å². The Labute approximate surface area is 55.6 Å². The first-order valence-electron chi connectivity index (χ1n) is 2.79. The molecule has 3 nitrogen and oxygen atoms in total. The minimum absolute atomic E-state index is 0.511. The van der Waals surface area contributed by atoms with Crippen molar-refractivity contribution in [1.29, 1.82) is 0 Å². The Morgan fingerprint density at radius 3 is 2.78 bits per heavy atom. The summed E-state index contributed by atoms with van der Waals surface area (Å²) in [7, 11) is 3.34. The number of hydrogen-bond donors (Lipinski definition) is 1. The minimum atomic E-state index is 0.511. The van der Waals surface area contributed by atoms with Gasteiger partial charge in [0.15, 0.2) is 0 Å². The zero-order chi connectivity index (χ0) is 7.11. The van der Waals surface area contributed by atoms with E-state index in [1.54, 1.807) is 0 Å². The van der Waals surface area contributed by atoms with Gasteiger partial charge in [0, 0.05) is 7.05 Å². The standard InChI is InChI=1S/C6H13NO2/c1-6(4-7-2)5-9-8-3/h4,7H,5H2,1-3H3/b6-4+. The zero-order valence-electron chi connectivity index (χ0n) is 6.10. The first kappa shape index (κ1) is 8.46. The Hall–Kier alpha value is -0.540. The average Bonchev–Trinajstić information content (AvgIpc) is 1.85. The lowest BCUT2D eigenvalue weighted by atomic mass is 10.4. The van der Waals surface area contributed by atoms with Crippen molar-refractivity contribution in [2.75, 3.05) is 20.8 Å². The van der Waals surface area contributed by atoms with Gasteiger partial charge in [-0.3, -0.25) is 0 Å². The molecule has 0 aliphatic rings. The van der Waals surface area contributed by atoms with Crippen LogP contribution in [0.3, 0.4) is 0 Å². The maximum Gasteiger partial charge on any atom is 0.105 e. The van der Waals surface area contributed by atoms with Crippen molar-refractivity contribution in [3.05, 3.63) is 11.8 Å². The lowest BCUT2D eigenvalue weighted by Gasteiger charge is -1.98. The normalized spacial score (nSPS) is 11.7. The van der Waals surface area contributed by atoms with Crippen molar-refractivity contribution in [3.63, 3.8) is 0 Å². The van der Waals surface area contributed by atoms with Crippen LogP contribution in [0.4, 0.5) is 0 Å². The lowest BCUT2D eigenvalue weighted by molar-refractivity contribution is -0.265. The SMILES string of the molecule is CN/C=C(\C)COOC. The van der Waals surface area contributed by atoms with E-state index in [4.69, 9.17) is 0 Å². The van der Waals surface area contributed by atoms with Gasteiger partial charge in [0.1, 0.15) is 6.61 Å². The van der Waals surface area contributed by atoms with E-state index in [2.05, 4.69) is 15.1 Å². The number of rotatable bonds is 4. The summed E-state index contributed by atoms with van der Waals surface area (Å²) in [5.41, 5.74) is 1.10. The van der Waals surface area contributed by atoms with Gasteiger partial charge in [0.05, 0.1) is 7.11 Å². The minimum Gasteiger partial charge on any atom is -0.394 e. The van der Waals surface area contributed by atoms with Gasteiger partial charge < -0.3 is 5.32 Å². The molecule has 0 heterocycles. The molecule has 0 spiro atoms. The number of nitrogens with one attached hydrogen (secondary N) is 1. The quantitative estimate of drug-likeness (QED) is 0.449. The summed E-state index contributed by atoms with van der Waals surface area (Å²) in [6, 6.07) is 0. The van der Waals surface area contributed by atoms with Crippen LogP contribution in [0.25, 0.3) is 0 Å². The molecule has 0 saturated heterocycles. The summed E-state index contributed by atoms with van der Waals surface area (Å²) >= 11 is 0. The second kappa shape index (κ2) is 5.59. The molecule has 0 amide bonds. The van der Waals surface area contributed by atoms with Crippen LogP contribution in [0.2, 0.25) is 0 Å². The van der Waals surface area contributed by atoms with Crippen LogP contribution in [0.1, 0.15) is 6.92 Å². The average molecular weight is 131 g/mol. The van der Waals surface area contributed by atoms with E-state index in [0.717, 1.165) is 5.57 Å². The Morgan fingerprint density at radius 2 is 2.33 bits per heavy atom. The van der Waals surface area contributed by atoms with E-state index in [0.29, 0.717) is 6.61 Å². The lowest BCUT2D eigenvalue weighted by Crippen LogP contribution is -2.00. The maximum absolute atomic E-state index is 4.64. The first-order valence-corrected chi connectivity index (χ1v) is 2.79. The van der Waals surface area contributed by atoms with Crippen LogP contribution >= 0.6 is 0 Å². The molecule has 0 unspecified atom stereocenters. The van der Waals surface area contributed by atoms with Crippen LogP contribution in [-0.2, 0) is 9.78 Å². The highest BCUT2D eigenvalue weighted by Gasteiger charge is 1.85. The van der Waals surface area contributed by atoms with Crippen LogP contribution in [-0.4, -0.2) is 20.8 Å². The number of hydrogen-bond acceptors (Lipinski definition) is 3. The maximum atomic E-state index is 4.64. The Morgan fingerprint density at radius 1 is 1.67 bits per heavy atom. The third-order valence-corrected chi connectivity index (χ3v) is 0.795. The second-order valence-electron chi connectivity index (χ2n) is 1.71. The molecule has 3 heteroatoms. The molecule has 1 N–H and O–H groups in total. The van der Waals surface area contributed by atoms with Crippen molar-refractivity contribution < 1.29 is 9.78 Å². The Kier molecular flexibility index (Phi) is 5.26. The summed E-state index contributed by atoms with van der Waals surface area (Å²) in [5, 5.41) is 2.88. The summed E-state index contributed by atoms with van der Waals surface area (Å²) in [5.74, 6) is 0. The monoisotopic (exact) mass is 131 g/mol. The highest BCUT2D eigenvalue weighted by Crippen LogP contribution is 1.89. The van der Waals surface area contributed by atoms with Gasteiger partial charge in [-0.2, -0.15) is 0 Å². The van der Waals surface area contributed by atoms with Gasteiger partial charge in [-0.25, -0.2) is 9.78 Å². The Bertz CT molecular complexity index is 91.1. The van der Waals surface area contributed by atoms with E-state index in [9.17, 15) is 0 Å². The fraction of sp³-hybridized carbons (Fsp3) is 0.667. The molecule has 0 saturated carbocycles. The molecular formula is C6H13NO2. The van der Waals surface area contributed by atoms with E-state index >= 15 is 0 Å². The van der Waals surface area contributed by atoms with Gasteiger partial charge in [-0.1, -0.05) is 0 Å².